The molecule has 14 heavy (non-hydrogen) atoms. The first-order valence-electron chi connectivity index (χ1n) is 4.96. The molecule has 0 aromatic rings. The Hall–Kier alpha value is -1.18. The van der Waals surface area contributed by atoms with Gasteiger partial charge in [0.25, 0.3) is 0 Å². The molecule has 2 nitrogen and oxygen atoms in total. The van der Waals surface area contributed by atoms with Crippen molar-refractivity contribution in [1.82, 2.24) is 0 Å². The third-order valence-corrected chi connectivity index (χ3v) is 1.91. The lowest BCUT2D eigenvalue weighted by atomic mass is 10.1. The summed E-state index contributed by atoms with van der Waals surface area (Å²) >= 11 is 0. The molecule has 0 saturated heterocycles. The summed E-state index contributed by atoms with van der Waals surface area (Å²) < 4.78 is 0. The lowest BCUT2D eigenvalue weighted by molar-refractivity contribution is -0.120. The number of carbonyl (C=O) groups is 2. The maximum atomic E-state index is 11.0. The first kappa shape index (κ1) is 12.8. The Bertz CT molecular complexity index is 192. The van der Waals surface area contributed by atoms with Crippen LogP contribution in [-0.2, 0) is 9.59 Å². The molecule has 0 amide bonds. The van der Waals surface area contributed by atoms with Gasteiger partial charge in [-0.3, -0.25) is 9.59 Å². The predicted molar refractivity (Wildman–Crippen MR) is 58.1 cm³/mol. The van der Waals surface area contributed by atoms with E-state index in [1.807, 2.05) is 0 Å². The summed E-state index contributed by atoms with van der Waals surface area (Å²) in [6.45, 7) is 6.99. The van der Waals surface area contributed by atoms with Crippen LogP contribution in [0.15, 0.2) is 25.3 Å². The summed E-state index contributed by atoms with van der Waals surface area (Å²) in [4.78, 5) is 22.1. The second kappa shape index (κ2) is 8.42. The number of rotatable bonds is 9. The zero-order valence-electron chi connectivity index (χ0n) is 8.63. The number of Topliss-reactive ketones (excluding diaryl/α,β-unsaturated/α-hetero) is 2. The topological polar surface area (TPSA) is 34.1 Å². The number of carbonyl (C=O) groups excluding carboxylic acids is 2. The maximum Gasteiger partial charge on any atom is 0.136 e. The summed E-state index contributed by atoms with van der Waals surface area (Å²) in [5.41, 5.74) is 0. The molecule has 78 valence electrons. The van der Waals surface area contributed by atoms with Crippen molar-refractivity contribution in [3.63, 3.8) is 0 Å². The second-order valence-corrected chi connectivity index (χ2v) is 3.27. The fourth-order valence-electron chi connectivity index (χ4n) is 1.17. The van der Waals surface area contributed by atoms with Crippen LogP contribution in [-0.4, -0.2) is 11.6 Å². The Morgan fingerprint density at radius 2 is 1.21 bits per heavy atom. The molecule has 0 unspecified atom stereocenters. The Morgan fingerprint density at radius 1 is 0.857 bits per heavy atom. The van der Waals surface area contributed by atoms with Gasteiger partial charge in [0, 0.05) is 25.7 Å². The van der Waals surface area contributed by atoms with Gasteiger partial charge >= 0.3 is 0 Å². The highest BCUT2D eigenvalue weighted by Gasteiger charge is 2.01. The van der Waals surface area contributed by atoms with Crippen LogP contribution >= 0.6 is 0 Å². The normalized spacial score (nSPS) is 9.43. The van der Waals surface area contributed by atoms with E-state index < -0.39 is 0 Å². The van der Waals surface area contributed by atoms with Gasteiger partial charge in [0.15, 0.2) is 0 Å². The SMILES string of the molecule is C=CCC(=O)CCCCC(=O)CC=C. The minimum Gasteiger partial charge on any atom is -0.299 e. The fourth-order valence-corrected chi connectivity index (χ4v) is 1.17. The van der Waals surface area contributed by atoms with Gasteiger partial charge < -0.3 is 0 Å². The highest BCUT2D eigenvalue weighted by Crippen LogP contribution is 2.04. The Morgan fingerprint density at radius 3 is 1.50 bits per heavy atom. The largest absolute Gasteiger partial charge is 0.299 e. The second-order valence-electron chi connectivity index (χ2n) is 3.27. The molecule has 0 saturated carbocycles. The van der Waals surface area contributed by atoms with Gasteiger partial charge in [-0.1, -0.05) is 12.2 Å². The molecule has 0 radical (unpaired) electrons. The van der Waals surface area contributed by atoms with Crippen LogP contribution in [0.25, 0.3) is 0 Å². The quantitative estimate of drug-likeness (QED) is 0.418. The van der Waals surface area contributed by atoms with Crippen molar-refractivity contribution in [1.29, 1.82) is 0 Å². The van der Waals surface area contributed by atoms with E-state index in [1.54, 1.807) is 12.2 Å². The maximum absolute atomic E-state index is 11.0. The van der Waals surface area contributed by atoms with Crippen molar-refractivity contribution in [3.8, 4) is 0 Å². The van der Waals surface area contributed by atoms with Crippen LogP contribution in [0, 0.1) is 0 Å². The van der Waals surface area contributed by atoms with E-state index in [0.717, 1.165) is 12.8 Å². The number of hydrogen-bond donors (Lipinski definition) is 0. The summed E-state index contributed by atoms with van der Waals surface area (Å²) in [6.07, 6.45) is 6.85. The van der Waals surface area contributed by atoms with Crippen molar-refractivity contribution in [2.24, 2.45) is 0 Å². The summed E-state index contributed by atoms with van der Waals surface area (Å²) in [6, 6.07) is 0. The van der Waals surface area contributed by atoms with E-state index in [1.165, 1.54) is 0 Å². The molecule has 0 atom stereocenters. The van der Waals surface area contributed by atoms with E-state index >= 15 is 0 Å². The molecule has 0 aliphatic rings. The number of ketones is 2. The average Bonchev–Trinajstić information content (AvgIpc) is 2.13. The first-order chi connectivity index (χ1) is 6.70. The molecule has 2 heteroatoms. The van der Waals surface area contributed by atoms with Crippen molar-refractivity contribution in [2.75, 3.05) is 0 Å². The van der Waals surface area contributed by atoms with E-state index in [4.69, 9.17) is 0 Å². The first-order valence-corrected chi connectivity index (χ1v) is 4.96. The van der Waals surface area contributed by atoms with Gasteiger partial charge in [-0.15, -0.1) is 13.2 Å². The molecule has 0 aromatic heterocycles. The molecule has 0 rings (SSSR count). The monoisotopic (exact) mass is 194 g/mol. The highest BCUT2D eigenvalue weighted by molar-refractivity contribution is 5.80. The molecule has 0 aliphatic heterocycles. The molecule has 0 aliphatic carbocycles. The van der Waals surface area contributed by atoms with E-state index in [2.05, 4.69) is 13.2 Å². The lowest BCUT2D eigenvalue weighted by Gasteiger charge is -1.98. The number of unbranched alkanes of at least 4 members (excludes halogenated alkanes) is 1. The molecule has 0 bridgehead atoms. The standard InChI is InChI=1S/C12H18O2/c1-3-7-11(13)9-5-6-10-12(14)8-4-2/h3-4H,1-2,5-10H2. The van der Waals surface area contributed by atoms with Gasteiger partial charge in [-0.25, -0.2) is 0 Å². The summed E-state index contributed by atoms with van der Waals surface area (Å²) in [5, 5.41) is 0. The van der Waals surface area contributed by atoms with Gasteiger partial charge in [-0.2, -0.15) is 0 Å². The van der Waals surface area contributed by atoms with E-state index in [9.17, 15) is 9.59 Å². The number of allylic oxidation sites excluding steroid dienone is 2. The summed E-state index contributed by atoms with van der Waals surface area (Å²) in [7, 11) is 0. The molecular weight excluding hydrogens is 176 g/mol. The van der Waals surface area contributed by atoms with Gasteiger partial charge in [0.1, 0.15) is 11.6 Å². The van der Waals surface area contributed by atoms with Crippen LogP contribution in [0.4, 0.5) is 0 Å². The fraction of sp³-hybridized carbons (Fsp3) is 0.500. The van der Waals surface area contributed by atoms with Crippen LogP contribution in [0.5, 0.6) is 0 Å². The van der Waals surface area contributed by atoms with Crippen LogP contribution < -0.4 is 0 Å². The van der Waals surface area contributed by atoms with E-state index in [0.29, 0.717) is 25.7 Å². The minimum atomic E-state index is 0.205. The number of hydrogen-bond acceptors (Lipinski definition) is 2. The Balaban J connectivity index is 3.36. The van der Waals surface area contributed by atoms with Crippen molar-refractivity contribution >= 4 is 11.6 Å². The predicted octanol–water partition coefficient (Wildman–Crippen LogP) is 2.84. The molecule has 0 N–H and O–H groups in total. The van der Waals surface area contributed by atoms with Gasteiger partial charge in [-0.05, 0) is 12.8 Å². The molecule has 0 heterocycles. The van der Waals surface area contributed by atoms with Gasteiger partial charge in [0.05, 0.1) is 0 Å². The van der Waals surface area contributed by atoms with E-state index in [-0.39, 0.29) is 11.6 Å². The van der Waals surface area contributed by atoms with Crippen molar-refractivity contribution < 1.29 is 9.59 Å². The van der Waals surface area contributed by atoms with Crippen LogP contribution in [0.2, 0.25) is 0 Å². The minimum absolute atomic E-state index is 0.205. The smallest absolute Gasteiger partial charge is 0.136 e. The van der Waals surface area contributed by atoms with Crippen molar-refractivity contribution in [3.05, 3.63) is 25.3 Å². The molecule has 0 spiro atoms. The average molecular weight is 194 g/mol. The third-order valence-electron chi connectivity index (χ3n) is 1.91. The Kier molecular flexibility index (Phi) is 7.71. The highest BCUT2D eigenvalue weighted by atomic mass is 16.1. The van der Waals surface area contributed by atoms with Crippen LogP contribution in [0.3, 0.4) is 0 Å². The van der Waals surface area contributed by atoms with Gasteiger partial charge in [0.2, 0.25) is 0 Å². The zero-order valence-corrected chi connectivity index (χ0v) is 8.63. The molecule has 0 aromatic carbocycles. The van der Waals surface area contributed by atoms with Crippen molar-refractivity contribution in [2.45, 2.75) is 38.5 Å². The third kappa shape index (κ3) is 7.47. The zero-order chi connectivity index (χ0) is 10.8. The van der Waals surface area contributed by atoms with Crippen LogP contribution in [0.1, 0.15) is 38.5 Å². The lowest BCUT2D eigenvalue weighted by Crippen LogP contribution is -1.98. The Labute approximate surface area is 85.7 Å². The molecule has 0 fully saturated rings. The summed E-state index contributed by atoms with van der Waals surface area (Å²) in [5.74, 6) is 0.410. The molecular formula is C12H18O2.